The Bertz CT molecular complexity index is 722. The van der Waals surface area contributed by atoms with Gasteiger partial charge in [-0.1, -0.05) is 5.16 Å². The molecule has 1 unspecified atom stereocenters. The molecule has 0 radical (unpaired) electrons. The van der Waals surface area contributed by atoms with Crippen LogP contribution in [0.1, 0.15) is 22.4 Å². The molecule has 0 spiro atoms. The SMILES string of the molecule is c1cncc(-c2noc(C3NCCc4sccc43)n2)c1. The van der Waals surface area contributed by atoms with E-state index in [4.69, 9.17) is 4.52 Å². The Morgan fingerprint density at radius 3 is 3.25 bits per heavy atom. The lowest BCUT2D eigenvalue weighted by molar-refractivity contribution is 0.344. The molecule has 3 aromatic heterocycles. The van der Waals surface area contributed by atoms with Crippen molar-refractivity contribution >= 4 is 11.3 Å². The molecule has 6 heteroatoms. The highest BCUT2D eigenvalue weighted by Gasteiger charge is 2.27. The van der Waals surface area contributed by atoms with Gasteiger partial charge < -0.3 is 9.84 Å². The van der Waals surface area contributed by atoms with Crippen LogP contribution in [0.25, 0.3) is 11.4 Å². The van der Waals surface area contributed by atoms with Crippen LogP contribution < -0.4 is 5.32 Å². The molecule has 0 fully saturated rings. The van der Waals surface area contributed by atoms with Crippen molar-refractivity contribution in [2.24, 2.45) is 0 Å². The van der Waals surface area contributed by atoms with Crippen LogP contribution in [0.5, 0.6) is 0 Å². The maximum atomic E-state index is 5.44. The molecular weight excluding hydrogens is 272 g/mol. The van der Waals surface area contributed by atoms with Crippen molar-refractivity contribution in [1.29, 1.82) is 0 Å². The van der Waals surface area contributed by atoms with Crippen molar-refractivity contribution < 1.29 is 4.52 Å². The molecule has 4 heterocycles. The van der Waals surface area contributed by atoms with Crippen LogP contribution in [0, 0.1) is 0 Å². The second-order valence-corrected chi connectivity index (χ2v) is 5.63. The maximum Gasteiger partial charge on any atom is 0.248 e. The Balaban J connectivity index is 1.70. The van der Waals surface area contributed by atoms with Crippen LogP contribution in [-0.4, -0.2) is 21.7 Å². The Morgan fingerprint density at radius 2 is 2.35 bits per heavy atom. The number of nitrogens with one attached hydrogen (secondary N) is 1. The summed E-state index contributed by atoms with van der Waals surface area (Å²) in [6, 6.07) is 5.92. The van der Waals surface area contributed by atoms with E-state index >= 15 is 0 Å². The summed E-state index contributed by atoms with van der Waals surface area (Å²) in [6.07, 6.45) is 4.52. The molecule has 0 saturated heterocycles. The maximum absolute atomic E-state index is 5.44. The third-order valence-corrected chi connectivity index (χ3v) is 4.40. The van der Waals surface area contributed by atoms with Gasteiger partial charge >= 0.3 is 0 Å². The first-order chi connectivity index (χ1) is 9.92. The molecule has 1 N–H and O–H groups in total. The van der Waals surface area contributed by atoms with Crippen LogP contribution >= 0.6 is 11.3 Å². The predicted molar refractivity (Wildman–Crippen MR) is 75.4 cm³/mol. The monoisotopic (exact) mass is 284 g/mol. The number of nitrogens with zero attached hydrogens (tertiary/aromatic N) is 3. The van der Waals surface area contributed by atoms with Gasteiger partial charge in [-0.3, -0.25) is 4.98 Å². The minimum Gasteiger partial charge on any atom is -0.337 e. The Kier molecular flexibility index (Phi) is 2.82. The first-order valence-electron chi connectivity index (χ1n) is 6.45. The molecule has 3 aromatic rings. The summed E-state index contributed by atoms with van der Waals surface area (Å²) < 4.78 is 5.44. The lowest BCUT2D eigenvalue weighted by Crippen LogP contribution is -2.29. The molecule has 20 heavy (non-hydrogen) atoms. The van der Waals surface area contributed by atoms with Crippen molar-refractivity contribution in [1.82, 2.24) is 20.4 Å². The highest BCUT2D eigenvalue weighted by Crippen LogP contribution is 2.31. The Hall–Kier alpha value is -2.05. The molecule has 0 aromatic carbocycles. The van der Waals surface area contributed by atoms with Gasteiger partial charge in [0.15, 0.2) is 0 Å². The zero-order chi connectivity index (χ0) is 13.4. The van der Waals surface area contributed by atoms with E-state index in [9.17, 15) is 0 Å². The summed E-state index contributed by atoms with van der Waals surface area (Å²) in [4.78, 5) is 9.98. The molecule has 1 aliphatic heterocycles. The molecular formula is C14H12N4OS. The van der Waals surface area contributed by atoms with E-state index in [1.165, 1.54) is 10.4 Å². The molecule has 0 bridgehead atoms. The number of rotatable bonds is 2. The van der Waals surface area contributed by atoms with Gasteiger partial charge in [-0.05, 0) is 35.6 Å². The topological polar surface area (TPSA) is 63.8 Å². The Labute approximate surface area is 119 Å². The van der Waals surface area contributed by atoms with Crippen molar-refractivity contribution in [2.75, 3.05) is 6.54 Å². The van der Waals surface area contributed by atoms with Gasteiger partial charge in [0.1, 0.15) is 6.04 Å². The van der Waals surface area contributed by atoms with Gasteiger partial charge in [0, 0.05) is 29.4 Å². The van der Waals surface area contributed by atoms with E-state index < -0.39 is 0 Å². The largest absolute Gasteiger partial charge is 0.337 e. The number of hydrogen-bond donors (Lipinski definition) is 1. The fraction of sp³-hybridized carbons (Fsp3) is 0.214. The van der Waals surface area contributed by atoms with Gasteiger partial charge in [0.2, 0.25) is 11.7 Å². The van der Waals surface area contributed by atoms with E-state index in [0.717, 1.165) is 18.5 Å². The summed E-state index contributed by atoms with van der Waals surface area (Å²) in [5.41, 5.74) is 2.12. The average molecular weight is 284 g/mol. The summed E-state index contributed by atoms with van der Waals surface area (Å²) >= 11 is 1.79. The summed E-state index contributed by atoms with van der Waals surface area (Å²) in [5.74, 6) is 1.19. The van der Waals surface area contributed by atoms with Crippen molar-refractivity contribution in [3.63, 3.8) is 0 Å². The third kappa shape index (κ3) is 1.93. The van der Waals surface area contributed by atoms with Crippen molar-refractivity contribution in [3.05, 3.63) is 52.3 Å². The molecule has 0 aliphatic carbocycles. The molecule has 1 atom stereocenters. The number of pyridine rings is 1. The van der Waals surface area contributed by atoms with E-state index in [0.29, 0.717) is 11.7 Å². The van der Waals surface area contributed by atoms with Gasteiger partial charge in [0.25, 0.3) is 0 Å². The molecule has 0 amide bonds. The van der Waals surface area contributed by atoms with Gasteiger partial charge in [0.05, 0.1) is 0 Å². The van der Waals surface area contributed by atoms with E-state index in [-0.39, 0.29) is 6.04 Å². The quantitative estimate of drug-likeness (QED) is 0.783. The summed E-state index contributed by atoms with van der Waals surface area (Å²) in [7, 11) is 0. The second kappa shape index (κ2) is 4.81. The summed E-state index contributed by atoms with van der Waals surface area (Å²) in [6.45, 7) is 0.933. The Morgan fingerprint density at radius 1 is 1.35 bits per heavy atom. The number of thiophene rings is 1. The van der Waals surface area contributed by atoms with Crippen molar-refractivity contribution in [2.45, 2.75) is 12.5 Å². The third-order valence-electron chi connectivity index (χ3n) is 3.40. The van der Waals surface area contributed by atoms with E-state index in [1.54, 1.807) is 23.7 Å². The fourth-order valence-corrected chi connectivity index (χ4v) is 3.36. The van der Waals surface area contributed by atoms with Gasteiger partial charge in [-0.25, -0.2) is 0 Å². The highest BCUT2D eigenvalue weighted by atomic mass is 32.1. The standard InChI is InChI=1S/C14H12N4OS/c1-2-9(8-15-5-1)13-17-14(19-18-13)12-10-4-7-20-11(10)3-6-16-12/h1-2,4-5,7-8,12,16H,3,6H2. The molecule has 5 nitrogen and oxygen atoms in total. The normalized spacial score (nSPS) is 17.9. The van der Waals surface area contributed by atoms with Crippen LogP contribution in [0.15, 0.2) is 40.5 Å². The second-order valence-electron chi connectivity index (χ2n) is 4.63. The van der Waals surface area contributed by atoms with Crippen LogP contribution in [0.3, 0.4) is 0 Å². The summed E-state index contributed by atoms with van der Waals surface area (Å²) in [5, 5.41) is 9.61. The number of hydrogen-bond acceptors (Lipinski definition) is 6. The number of fused-ring (bicyclic) bond motifs is 1. The lowest BCUT2D eigenvalue weighted by atomic mass is 10.0. The molecule has 1 aliphatic rings. The van der Waals surface area contributed by atoms with E-state index in [1.807, 2.05) is 12.1 Å². The van der Waals surface area contributed by atoms with Crippen LogP contribution in [0.4, 0.5) is 0 Å². The lowest BCUT2D eigenvalue weighted by Gasteiger charge is -2.20. The minimum atomic E-state index is 0.00271. The molecule has 100 valence electrons. The zero-order valence-corrected chi connectivity index (χ0v) is 11.4. The van der Waals surface area contributed by atoms with Crippen LogP contribution in [0.2, 0.25) is 0 Å². The number of aromatic nitrogens is 3. The molecule has 4 rings (SSSR count). The first-order valence-corrected chi connectivity index (χ1v) is 7.33. The van der Waals surface area contributed by atoms with Gasteiger partial charge in [-0.2, -0.15) is 4.98 Å². The zero-order valence-electron chi connectivity index (χ0n) is 10.6. The average Bonchev–Trinajstić information content (AvgIpc) is 3.17. The minimum absolute atomic E-state index is 0.00271. The fourth-order valence-electron chi connectivity index (χ4n) is 2.44. The van der Waals surface area contributed by atoms with E-state index in [2.05, 4.69) is 31.9 Å². The smallest absolute Gasteiger partial charge is 0.248 e. The highest BCUT2D eigenvalue weighted by molar-refractivity contribution is 7.10. The predicted octanol–water partition coefficient (Wildman–Crippen LogP) is 2.43. The molecule has 0 saturated carbocycles. The van der Waals surface area contributed by atoms with Gasteiger partial charge in [-0.15, -0.1) is 11.3 Å². The van der Waals surface area contributed by atoms with Crippen LogP contribution in [-0.2, 0) is 6.42 Å². The van der Waals surface area contributed by atoms with Crippen molar-refractivity contribution in [3.8, 4) is 11.4 Å². The first kappa shape index (κ1) is 11.7.